The molecule has 6 nitrogen and oxygen atoms in total. The highest BCUT2D eigenvalue weighted by Crippen LogP contribution is 2.34. The molecule has 1 heterocycles. The first kappa shape index (κ1) is 16.4. The Morgan fingerprint density at radius 1 is 1.24 bits per heavy atom. The molecule has 2 aromatic carbocycles. The highest BCUT2D eigenvalue weighted by atomic mass is 16.7. The van der Waals surface area contributed by atoms with Gasteiger partial charge < -0.3 is 19.5 Å². The molecule has 1 amide bonds. The number of nitrogens with zero attached hydrogens (tertiary/aromatic N) is 1. The second-order valence-electron chi connectivity index (χ2n) is 5.19. The molecule has 0 atom stereocenters. The van der Waals surface area contributed by atoms with Gasteiger partial charge in [-0.25, -0.2) is 0 Å². The van der Waals surface area contributed by atoms with Crippen molar-refractivity contribution in [3.05, 3.63) is 53.6 Å². The van der Waals surface area contributed by atoms with E-state index in [-0.39, 0.29) is 12.4 Å². The van der Waals surface area contributed by atoms with Crippen molar-refractivity contribution in [3.8, 4) is 23.3 Å². The molecular formula is C19H16N2O4. The van der Waals surface area contributed by atoms with Crippen molar-refractivity contribution >= 4 is 17.7 Å². The van der Waals surface area contributed by atoms with Crippen LogP contribution in [0.2, 0.25) is 0 Å². The van der Waals surface area contributed by atoms with Crippen LogP contribution in [0.25, 0.3) is 6.08 Å². The van der Waals surface area contributed by atoms with E-state index >= 15 is 0 Å². The number of anilines is 1. The summed E-state index contributed by atoms with van der Waals surface area (Å²) in [6.07, 6.45) is 1.53. The SMILES string of the molecule is CCOc1ccc(C=C(C#N)C(=O)Nc2ccc3c(c2)OCO3)cc1. The lowest BCUT2D eigenvalue weighted by Crippen LogP contribution is -2.13. The third-order valence-corrected chi connectivity index (χ3v) is 3.50. The second kappa shape index (κ2) is 7.41. The molecule has 0 radical (unpaired) electrons. The molecule has 0 aromatic heterocycles. The molecule has 0 saturated heterocycles. The predicted molar refractivity (Wildman–Crippen MR) is 92.4 cm³/mol. The van der Waals surface area contributed by atoms with E-state index in [0.29, 0.717) is 23.8 Å². The Morgan fingerprint density at radius 2 is 2.00 bits per heavy atom. The first-order valence-corrected chi connectivity index (χ1v) is 7.75. The van der Waals surface area contributed by atoms with Crippen molar-refractivity contribution in [3.63, 3.8) is 0 Å². The van der Waals surface area contributed by atoms with Crippen LogP contribution in [-0.4, -0.2) is 19.3 Å². The monoisotopic (exact) mass is 336 g/mol. The number of benzene rings is 2. The number of ether oxygens (including phenoxy) is 3. The highest BCUT2D eigenvalue weighted by Gasteiger charge is 2.15. The first-order valence-electron chi connectivity index (χ1n) is 7.75. The van der Waals surface area contributed by atoms with Gasteiger partial charge in [0.15, 0.2) is 11.5 Å². The van der Waals surface area contributed by atoms with Crippen molar-refractivity contribution in [2.75, 3.05) is 18.7 Å². The minimum atomic E-state index is -0.491. The van der Waals surface area contributed by atoms with Gasteiger partial charge in [-0.15, -0.1) is 0 Å². The summed E-state index contributed by atoms with van der Waals surface area (Å²) in [5.41, 5.74) is 1.27. The number of carbonyl (C=O) groups is 1. The minimum Gasteiger partial charge on any atom is -0.494 e. The van der Waals surface area contributed by atoms with E-state index in [2.05, 4.69) is 5.32 Å². The molecule has 1 N–H and O–H groups in total. The lowest BCUT2D eigenvalue weighted by Gasteiger charge is -2.06. The van der Waals surface area contributed by atoms with Gasteiger partial charge in [-0.2, -0.15) is 5.26 Å². The van der Waals surface area contributed by atoms with Crippen molar-refractivity contribution in [2.24, 2.45) is 0 Å². The van der Waals surface area contributed by atoms with E-state index in [1.54, 1.807) is 42.5 Å². The maximum atomic E-state index is 12.3. The van der Waals surface area contributed by atoms with Crippen molar-refractivity contribution < 1.29 is 19.0 Å². The predicted octanol–water partition coefficient (Wildman–Crippen LogP) is 3.36. The molecule has 0 unspecified atom stereocenters. The van der Waals surface area contributed by atoms with Gasteiger partial charge in [-0.05, 0) is 42.8 Å². The molecule has 25 heavy (non-hydrogen) atoms. The van der Waals surface area contributed by atoms with Gasteiger partial charge in [-0.3, -0.25) is 4.79 Å². The molecule has 2 aromatic rings. The summed E-state index contributed by atoms with van der Waals surface area (Å²) in [4.78, 5) is 12.3. The average Bonchev–Trinajstić information content (AvgIpc) is 3.09. The largest absolute Gasteiger partial charge is 0.494 e. The van der Waals surface area contributed by atoms with Crippen molar-refractivity contribution in [1.82, 2.24) is 0 Å². The summed E-state index contributed by atoms with van der Waals surface area (Å²) in [6, 6.07) is 14.1. The topological polar surface area (TPSA) is 80.6 Å². The first-order chi connectivity index (χ1) is 12.2. The van der Waals surface area contributed by atoms with Gasteiger partial charge in [0.1, 0.15) is 17.4 Å². The molecule has 1 aliphatic heterocycles. The summed E-state index contributed by atoms with van der Waals surface area (Å²) in [5.74, 6) is 1.44. The molecular weight excluding hydrogens is 320 g/mol. The van der Waals surface area contributed by atoms with Crippen LogP contribution in [-0.2, 0) is 4.79 Å². The number of nitriles is 1. The summed E-state index contributed by atoms with van der Waals surface area (Å²) in [6.45, 7) is 2.65. The van der Waals surface area contributed by atoms with Gasteiger partial charge in [0.2, 0.25) is 6.79 Å². The average molecular weight is 336 g/mol. The van der Waals surface area contributed by atoms with Crippen molar-refractivity contribution in [1.29, 1.82) is 5.26 Å². The lowest BCUT2D eigenvalue weighted by atomic mass is 10.1. The molecule has 126 valence electrons. The van der Waals surface area contributed by atoms with Crippen LogP contribution in [0.3, 0.4) is 0 Å². The van der Waals surface area contributed by atoms with Crippen LogP contribution in [0.5, 0.6) is 17.2 Å². The van der Waals surface area contributed by atoms with Gasteiger partial charge in [0.05, 0.1) is 6.61 Å². The van der Waals surface area contributed by atoms with Gasteiger partial charge in [0.25, 0.3) is 5.91 Å². The summed E-state index contributed by atoms with van der Waals surface area (Å²) in [7, 11) is 0. The molecule has 0 spiro atoms. The van der Waals surface area contributed by atoms with E-state index in [9.17, 15) is 10.1 Å². The van der Waals surface area contributed by atoms with Crippen LogP contribution in [0.1, 0.15) is 12.5 Å². The summed E-state index contributed by atoms with van der Waals surface area (Å²) in [5, 5.41) is 12.0. The molecule has 0 bridgehead atoms. The highest BCUT2D eigenvalue weighted by molar-refractivity contribution is 6.09. The fraction of sp³-hybridized carbons (Fsp3) is 0.158. The van der Waals surface area contributed by atoms with E-state index in [0.717, 1.165) is 11.3 Å². The molecule has 3 rings (SSSR count). The zero-order valence-electron chi connectivity index (χ0n) is 13.6. The fourth-order valence-corrected chi connectivity index (χ4v) is 2.31. The zero-order chi connectivity index (χ0) is 17.6. The van der Waals surface area contributed by atoms with E-state index < -0.39 is 5.91 Å². The summed E-state index contributed by atoms with van der Waals surface area (Å²) >= 11 is 0. The maximum absolute atomic E-state index is 12.3. The number of amides is 1. The van der Waals surface area contributed by atoms with Gasteiger partial charge in [-0.1, -0.05) is 12.1 Å². The summed E-state index contributed by atoms with van der Waals surface area (Å²) < 4.78 is 15.9. The zero-order valence-corrected chi connectivity index (χ0v) is 13.6. The Labute approximate surface area is 145 Å². The maximum Gasteiger partial charge on any atom is 0.266 e. The van der Waals surface area contributed by atoms with E-state index in [4.69, 9.17) is 14.2 Å². The molecule has 0 aliphatic carbocycles. The molecule has 6 heteroatoms. The van der Waals surface area contributed by atoms with Crippen LogP contribution in [0.15, 0.2) is 48.0 Å². The standard InChI is InChI=1S/C19H16N2O4/c1-2-23-16-6-3-13(4-7-16)9-14(11-20)19(22)21-15-5-8-17-18(10-15)25-12-24-17/h3-10H,2,12H2,1H3,(H,21,22). The lowest BCUT2D eigenvalue weighted by molar-refractivity contribution is -0.112. The van der Waals surface area contributed by atoms with Crippen LogP contribution >= 0.6 is 0 Å². The minimum absolute atomic E-state index is 0.00169. The third kappa shape index (κ3) is 3.90. The van der Waals surface area contributed by atoms with Crippen molar-refractivity contribution in [2.45, 2.75) is 6.92 Å². The number of hydrogen-bond acceptors (Lipinski definition) is 5. The van der Waals surface area contributed by atoms with E-state index in [1.165, 1.54) is 6.08 Å². The van der Waals surface area contributed by atoms with Crippen LogP contribution in [0, 0.1) is 11.3 Å². The number of rotatable bonds is 5. The molecule has 0 fully saturated rings. The third-order valence-electron chi connectivity index (χ3n) is 3.50. The fourth-order valence-electron chi connectivity index (χ4n) is 2.31. The molecule has 1 aliphatic rings. The van der Waals surface area contributed by atoms with Gasteiger partial charge in [0, 0.05) is 11.8 Å². The number of nitrogens with one attached hydrogen (secondary N) is 1. The van der Waals surface area contributed by atoms with Crippen LogP contribution < -0.4 is 19.5 Å². The quantitative estimate of drug-likeness (QED) is 0.669. The second-order valence-corrected chi connectivity index (χ2v) is 5.19. The Hall–Kier alpha value is -3.46. The van der Waals surface area contributed by atoms with E-state index in [1.807, 2.05) is 13.0 Å². The number of hydrogen-bond donors (Lipinski definition) is 1. The Morgan fingerprint density at radius 3 is 2.72 bits per heavy atom. The van der Waals surface area contributed by atoms with Crippen LogP contribution in [0.4, 0.5) is 5.69 Å². The Kier molecular flexibility index (Phi) is 4.86. The normalized spacial score (nSPS) is 12.4. The number of carbonyl (C=O) groups excluding carboxylic acids is 1. The Bertz CT molecular complexity index is 851. The molecule has 0 saturated carbocycles. The van der Waals surface area contributed by atoms with Gasteiger partial charge >= 0.3 is 0 Å². The number of fused-ring (bicyclic) bond motifs is 1. The Balaban J connectivity index is 1.73. The smallest absolute Gasteiger partial charge is 0.266 e.